The highest BCUT2D eigenvalue weighted by Crippen LogP contribution is 2.20. The molecule has 1 aliphatic rings. The maximum Gasteiger partial charge on any atom is 0.277 e. The van der Waals surface area contributed by atoms with E-state index in [0.717, 1.165) is 25.0 Å². The number of benzene rings is 1. The fraction of sp³-hybridized carbons (Fsp3) is 0.467. The summed E-state index contributed by atoms with van der Waals surface area (Å²) >= 11 is 0. The van der Waals surface area contributed by atoms with Crippen LogP contribution < -0.4 is 10.2 Å². The van der Waals surface area contributed by atoms with Crippen LogP contribution >= 0.6 is 0 Å². The van der Waals surface area contributed by atoms with Crippen LogP contribution in [-0.2, 0) is 4.79 Å². The van der Waals surface area contributed by atoms with Crippen LogP contribution in [0.15, 0.2) is 29.4 Å². The molecular weight excluding hydrogens is 259 g/mol. The van der Waals surface area contributed by atoms with Gasteiger partial charge >= 0.3 is 0 Å². The molecule has 0 heterocycles. The molecule has 1 saturated carbocycles. The molecule has 2 rings (SSSR count). The molecule has 1 aliphatic carbocycles. The number of ether oxygens (including phenoxy) is 1. The minimum atomic E-state index is -0.479. The number of nitrogens with one attached hydrogen (secondary N) is 1. The second kappa shape index (κ2) is 7.03. The molecule has 20 heavy (non-hydrogen) atoms. The molecule has 0 radical (unpaired) electrons. The van der Waals surface area contributed by atoms with E-state index in [4.69, 9.17) is 4.74 Å². The van der Waals surface area contributed by atoms with Gasteiger partial charge in [-0.3, -0.25) is 4.79 Å². The Labute approximate surface area is 118 Å². The molecule has 0 unspecified atom stereocenters. The van der Waals surface area contributed by atoms with Gasteiger partial charge < -0.3 is 4.74 Å². The normalized spacial score (nSPS) is 20.7. The Morgan fingerprint density at radius 3 is 3.00 bits per heavy atom. The maximum absolute atomic E-state index is 13.3. The Balaban J connectivity index is 1.81. The van der Waals surface area contributed by atoms with E-state index in [-0.39, 0.29) is 18.3 Å². The first-order chi connectivity index (χ1) is 9.66. The Kier molecular flexibility index (Phi) is 5.09. The van der Waals surface area contributed by atoms with Crippen LogP contribution in [0.5, 0.6) is 5.75 Å². The molecule has 1 atom stereocenters. The predicted molar refractivity (Wildman–Crippen MR) is 75.1 cm³/mol. The third-order valence-corrected chi connectivity index (χ3v) is 3.41. The van der Waals surface area contributed by atoms with Crippen molar-refractivity contribution < 1.29 is 13.9 Å². The number of carbonyl (C=O) groups excluding carboxylic acids is 1. The lowest BCUT2D eigenvalue weighted by Gasteiger charge is -2.19. The first kappa shape index (κ1) is 14.5. The molecule has 0 aliphatic heterocycles. The highest BCUT2D eigenvalue weighted by Gasteiger charge is 2.16. The summed E-state index contributed by atoms with van der Waals surface area (Å²) in [4.78, 5) is 11.6. The summed E-state index contributed by atoms with van der Waals surface area (Å²) in [5.74, 6) is -0.371. The molecule has 1 aromatic rings. The number of nitrogens with zero attached hydrogens (tertiary/aromatic N) is 1. The molecule has 1 fully saturated rings. The lowest BCUT2D eigenvalue weighted by atomic mass is 9.89. The molecule has 1 N–H and O–H groups in total. The van der Waals surface area contributed by atoms with Gasteiger partial charge in [-0.25, -0.2) is 9.82 Å². The molecule has 0 spiro atoms. The molecular formula is C15H19FN2O2. The number of amides is 1. The summed E-state index contributed by atoms with van der Waals surface area (Å²) in [6.07, 6.45) is 4.37. The third kappa shape index (κ3) is 4.05. The molecule has 0 aromatic heterocycles. The van der Waals surface area contributed by atoms with Crippen LogP contribution in [0.1, 0.15) is 32.6 Å². The Morgan fingerprint density at radius 2 is 2.25 bits per heavy atom. The van der Waals surface area contributed by atoms with Crippen LogP contribution in [0.4, 0.5) is 4.39 Å². The zero-order valence-electron chi connectivity index (χ0n) is 11.6. The molecule has 108 valence electrons. The van der Waals surface area contributed by atoms with Gasteiger partial charge in [0.2, 0.25) is 0 Å². The van der Waals surface area contributed by atoms with Crippen molar-refractivity contribution in [3.8, 4) is 5.75 Å². The number of hydrogen-bond donors (Lipinski definition) is 1. The van der Waals surface area contributed by atoms with Crippen molar-refractivity contribution in [1.82, 2.24) is 5.43 Å². The summed E-state index contributed by atoms with van der Waals surface area (Å²) in [6.45, 7) is 1.87. The highest BCUT2D eigenvalue weighted by atomic mass is 19.1. The van der Waals surface area contributed by atoms with E-state index >= 15 is 0 Å². The Hall–Kier alpha value is -1.91. The molecule has 0 saturated heterocycles. The number of carbonyl (C=O) groups is 1. The first-order valence-corrected chi connectivity index (χ1v) is 6.89. The fourth-order valence-electron chi connectivity index (χ4n) is 2.21. The van der Waals surface area contributed by atoms with E-state index in [9.17, 15) is 9.18 Å². The molecule has 5 heteroatoms. The zero-order chi connectivity index (χ0) is 14.4. The van der Waals surface area contributed by atoms with E-state index in [1.54, 1.807) is 12.1 Å². The van der Waals surface area contributed by atoms with Crippen molar-refractivity contribution in [1.29, 1.82) is 0 Å². The van der Waals surface area contributed by atoms with Crippen LogP contribution in [-0.4, -0.2) is 18.2 Å². The minimum Gasteiger partial charge on any atom is -0.481 e. The average Bonchev–Trinajstić information content (AvgIpc) is 2.45. The first-order valence-electron chi connectivity index (χ1n) is 6.89. The van der Waals surface area contributed by atoms with Crippen LogP contribution in [0.25, 0.3) is 0 Å². The number of hydrogen-bond acceptors (Lipinski definition) is 3. The van der Waals surface area contributed by atoms with Crippen molar-refractivity contribution in [2.24, 2.45) is 11.0 Å². The SMILES string of the molecule is C[C@@H]1CCCC/C1=N/NC(=O)COc1ccccc1F. The Morgan fingerprint density at radius 1 is 1.45 bits per heavy atom. The van der Waals surface area contributed by atoms with Gasteiger partial charge in [0.05, 0.1) is 0 Å². The van der Waals surface area contributed by atoms with Crippen molar-refractivity contribution >= 4 is 11.6 Å². The number of para-hydroxylation sites is 1. The van der Waals surface area contributed by atoms with Gasteiger partial charge in [0.25, 0.3) is 5.91 Å². The van der Waals surface area contributed by atoms with E-state index in [1.807, 2.05) is 0 Å². The summed E-state index contributed by atoms with van der Waals surface area (Å²) < 4.78 is 18.4. The minimum absolute atomic E-state index is 0.0707. The van der Waals surface area contributed by atoms with Crippen LogP contribution in [0.3, 0.4) is 0 Å². The van der Waals surface area contributed by atoms with Gasteiger partial charge in [-0.15, -0.1) is 0 Å². The van der Waals surface area contributed by atoms with E-state index in [1.165, 1.54) is 18.6 Å². The average molecular weight is 278 g/mol. The second-order valence-corrected chi connectivity index (χ2v) is 5.00. The summed E-state index contributed by atoms with van der Waals surface area (Å²) in [5.41, 5.74) is 3.50. The monoisotopic (exact) mass is 278 g/mol. The Bertz CT molecular complexity index is 502. The number of halogens is 1. The van der Waals surface area contributed by atoms with Crippen molar-refractivity contribution in [2.75, 3.05) is 6.61 Å². The summed E-state index contributed by atoms with van der Waals surface area (Å²) in [6, 6.07) is 5.99. The van der Waals surface area contributed by atoms with E-state index in [0.29, 0.717) is 5.92 Å². The number of rotatable bonds is 4. The van der Waals surface area contributed by atoms with E-state index in [2.05, 4.69) is 17.5 Å². The lowest BCUT2D eigenvalue weighted by Crippen LogP contribution is -2.28. The van der Waals surface area contributed by atoms with E-state index < -0.39 is 5.82 Å². The van der Waals surface area contributed by atoms with Crippen LogP contribution in [0.2, 0.25) is 0 Å². The van der Waals surface area contributed by atoms with Gasteiger partial charge in [-0.05, 0) is 37.3 Å². The zero-order valence-corrected chi connectivity index (χ0v) is 11.6. The largest absolute Gasteiger partial charge is 0.481 e. The fourth-order valence-corrected chi connectivity index (χ4v) is 2.21. The van der Waals surface area contributed by atoms with Crippen molar-refractivity contribution in [3.05, 3.63) is 30.1 Å². The van der Waals surface area contributed by atoms with Crippen molar-refractivity contribution in [2.45, 2.75) is 32.6 Å². The predicted octanol–water partition coefficient (Wildman–Crippen LogP) is 2.89. The topological polar surface area (TPSA) is 50.7 Å². The van der Waals surface area contributed by atoms with Crippen LogP contribution in [0, 0.1) is 11.7 Å². The number of hydrazone groups is 1. The maximum atomic E-state index is 13.3. The van der Waals surface area contributed by atoms with Gasteiger partial charge in [0, 0.05) is 5.71 Å². The molecule has 1 aromatic carbocycles. The molecule has 4 nitrogen and oxygen atoms in total. The van der Waals surface area contributed by atoms with Gasteiger partial charge in [0.15, 0.2) is 18.2 Å². The molecule has 1 amide bonds. The highest BCUT2D eigenvalue weighted by molar-refractivity contribution is 5.88. The molecule has 0 bridgehead atoms. The van der Waals surface area contributed by atoms with Gasteiger partial charge in [-0.2, -0.15) is 5.10 Å². The lowest BCUT2D eigenvalue weighted by molar-refractivity contribution is -0.123. The summed E-state index contributed by atoms with van der Waals surface area (Å²) in [5, 5.41) is 4.14. The summed E-state index contributed by atoms with van der Waals surface area (Å²) in [7, 11) is 0. The van der Waals surface area contributed by atoms with Crippen molar-refractivity contribution in [3.63, 3.8) is 0 Å². The van der Waals surface area contributed by atoms with Gasteiger partial charge in [-0.1, -0.05) is 25.5 Å². The smallest absolute Gasteiger partial charge is 0.277 e. The second-order valence-electron chi connectivity index (χ2n) is 5.00. The third-order valence-electron chi connectivity index (χ3n) is 3.41. The van der Waals surface area contributed by atoms with Gasteiger partial charge in [0.1, 0.15) is 0 Å². The quantitative estimate of drug-likeness (QED) is 0.861. The standard InChI is InChI=1S/C15H19FN2O2/c1-11-6-2-4-8-13(11)17-18-15(19)10-20-14-9-5-3-7-12(14)16/h3,5,7,9,11H,2,4,6,8,10H2,1H3,(H,18,19)/b17-13-/t11-/m1/s1.